The first kappa shape index (κ1) is 24.9. The van der Waals surface area contributed by atoms with Gasteiger partial charge in [0.1, 0.15) is 11.5 Å². The number of nitrogens with one attached hydrogen (secondary N) is 1. The molecule has 1 fully saturated rings. The van der Waals surface area contributed by atoms with Crippen molar-refractivity contribution in [3.05, 3.63) is 112 Å². The maximum Gasteiger partial charge on any atom is 0.260 e. The molecule has 3 aromatic rings. The van der Waals surface area contributed by atoms with Crippen LogP contribution in [0.15, 0.2) is 91.0 Å². The maximum absolute atomic E-state index is 14.6. The average molecular weight is 535 g/mol. The number of phenolic OH excluding ortho intramolecular Hbond substituents is 1. The number of fused-ring (bicyclic) bond motifs is 1. The summed E-state index contributed by atoms with van der Waals surface area (Å²) < 4.78 is 5.34. The molecule has 3 atom stereocenters. The largest absolute Gasteiger partial charge is 0.508 e. The summed E-state index contributed by atoms with van der Waals surface area (Å²) in [5.41, 5.74) is 3.84. The number of anilines is 1. The summed E-state index contributed by atoms with van der Waals surface area (Å²) in [5, 5.41) is 12.7. The number of aromatic hydroxyl groups is 1. The molecule has 0 aromatic heterocycles. The number of hydrogen-bond acceptors (Lipinski definition) is 5. The Morgan fingerprint density at radius 3 is 2.49 bits per heavy atom. The van der Waals surface area contributed by atoms with Gasteiger partial charge < -0.3 is 9.84 Å². The van der Waals surface area contributed by atoms with Crippen molar-refractivity contribution >= 4 is 40.7 Å². The number of imide groups is 1. The summed E-state index contributed by atoms with van der Waals surface area (Å²) in [6.45, 7) is 3.98. The molecule has 1 heterocycles. The molecular weight excluding hydrogens is 511 g/mol. The Hall–Kier alpha value is -3.74. The van der Waals surface area contributed by atoms with E-state index in [4.69, 9.17) is 27.9 Å². The highest BCUT2D eigenvalue weighted by molar-refractivity contribution is 6.36. The summed E-state index contributed by atoms with van der Waals surface area (Å²) in [6, 6.07) is 18.8. The van der Waals surface area contributed by atoms with Gasteiger partial charge in [-0.3, -0.25) is 15.0 Å². The van der Waals surface area contributed by atoms with Crippen molar-refractivity contribution in [2.45, 2.75) is 17.8 Å². The van der Waals surface area contributed by atoms with Crippen LogP contribution < -0.4 is 10.2 Å². The van der Waals surface area contributed by atoms with E-state index in [1.54, 1.807) is 73.8 Å². The number of benzene rings is 3. The van der Waals surface area contributed by atoms with Gasteiger partial charge in [0.05, 0.1) is 29.2 Å². The third-order valence-corrected chi connectivity index (χ3v) is 7.77. The van der Waals surface area contributed by atoms with Crippen molar-refractivity contribution in [3.63, 3.8) is 0 Å². The minimum absolute atomic E-state index is 0.0289. The molecule has 0 unspecified atom stereocenters. The number of nitrogens with zero attached hydrogens (tertiary/aromatic N) is 1. The van der Waals surface area contributed by atoms with Crippen molar-refractivity contribution in [1.82, 2.24) is 5.01 Å². The molecule has 0 bridgehead atoms. The third-order valence-electron chi connectivity index (χ3n) is 7.22. The predicted molar refractivity (Wildman–Crippen MR) is 144 cm³/mol. The van der Waals surface area contributed by atoms with Crippen LogP contribution in [-0.4, -0.2) is 29.0 Å². The smallest absolute Gasteiger partial charge is 0.260 e. The zero-order valence-corrected chi connectivity index (χ0v) is 21.5. The molecule has 3 aromatic carbocycles. The van der Waals surface area contributed by atoms with Gasteiger partial charge in [-0.1, -0.05) is 72.3 Å². The zero-order chi connectivity index (χ0) is 26.3. The number of hydrazine groups is 1. The fourth-order valence-electron chi connectivity index (χ4n) is 5.55. The van der Waals surface area contributed by atoms with Gasteiger partial charge in [0.2, 0.25) is 0 Å². The van der Waals surface area contributed by atoms with Gasteiger partial charge in [0.25, 0.3) is 11.8 Å². The molecule has 1 aliphatic heterocycles. The number of carbonyl (C=O) groups excluding carboxylic acids is 2. The number of carbonyl (C=O) groups is 2. The van der Waals surface area contributed by atoms with Gasteiger partial charge in [-0.25, -0.2) is 0 Å². The van der Waals surface area contributed by atoms with Crippen LogP contribution in [0, 0.1) is 5.92 Å². The molecule has 2 aliphatic rings. The van der Waals surface area contributed by atoms with Crippen molar-refractivity contribution < 1.29 is 19.4 Å². The fraction of sp³-hybridized carbons (Fsp3) is 0.172. The van der Waals surface area contributed by atoms with E-state index in [-0.39, 0.29) is 10.8 Å². The SMILES string of the molecule is C=CC1=CC[C@H]2C(=O)N(Nc3ccc(Cl)cc3Cl)C(=O)[C@@]2(c2ccc(OC)cc2)[C@H]1c1ccccc1O. The monoisotopic (exact) mass is 534 g/mol. The van der Waals surface area contributed by atoms with Gasteiger partial charge in [-0.15, -0.1) is 0 Å². The van der Waals surface area contributed by atoms with Crippen LogP contribution in [0.5, 0.6) is 11.5 Å². The molecule has 5 rings (SSSR count). The summed E-state index contributed by atoms with van der Waals surface area (Å²) in [6.07, 6.45) is 3.91. The van der Waals surface area contributed by atoms with Crippen LogP contribution in [0.4, 0.5) is 5.69 Å². The Bertz CT molecular complexity index is 1440. The topological polar surface area (TPSA) is 78.9 Å². The minimum atomic E-state index is -1.37. The molecule has 188 valence electrons. The molecule has 2 N–H and O–H groups in total. The Morgan fingerprint density at radius 1 is 1.11 bits per heavy atom. The van der Waals surface area contributed by atoms with E-state index in [1.807, 2.05) is 6.08 Å². The first-order chi connectivity index (χ1) is 17.8. The van der Waals surface area contributed by atoms with Crippen LogP contribution in [0.3, 0.4) is 0 Å². The highest BCUT2D eigenvalue weighted by atomic mass is 35.5. The van der Waals surface area contributed by atoms with Gasteiger partial charge in [-0.05, 0) is 54.0 Å². The number of amides is 2. The van der Waals surface area contributed by atoms with Crippen LogP contribution in [-0.2, 0) is 15.0 Å². The lowest BCUT2D eigenvalue weighted by Crippen LogP contribution is -2.48. The highest BCUT2D eigenvalue weighted by Crippen LogP contribution is 2.58. The quantitative estimate of drug-likeness (QED) is 0.365. The number of rotatable bonds is 6. The molecule has 1 aliphatic carbocycles. The number of ether oxygens (including phenoxy) is 1. The molecule has 0 spiro atoms. The third kappa shape index (κ3) is 3.88. The lowest BCUT2D eigenvalue weighted by molar-refractivity contribution is -0.138. The summed E-state index contributed by atoms with van der Waals surface area (Å²) in [5.74, 6) is -1.64. The Kier molecular flexibility index (Phi) is 6.48. The number of methoxy groups -OCH3 is 1. The maximum atomic E-state index is 14.6. The zero-order valence-electron chi connectivity index (χ0n) is 19.9. The summed E-state index contributed by atoms with van der Waals surface area (Å²) in [7, 11) is 1.56. The molecule has 0 radical (unpaired) electrons. The van der Waals surface area contributed by atoms with E-state index in [9.17, 15) is 14.7 Å². The summed E-state index contributed by atoms with van der Waals surface area (Å²) in [4.78, 5) is 28.5. The normalized spacial score (nSPS) is 22.9. The summed E-state index contributed by atoms with van der Waals surface area (Å²) >= 11 is 12.4. The predicted octanol–water partition coefficient (Wildman–Crippen LogP) is 6.26. The van der Waals surface area contributed by atoms with Crippen LogP contribution in [0.1, 0.15) is 23.5 Å². The molecule has 6 nitrogen and oxygen atoms in total. The number of halogens is 2. The molecule has 37 heavy (non-hydrogen) atoms. The van der Waals surface area contributed by atoms with Gasteiger partial charge in [0, 0.05) is 16.5 Å². The second-order valence-corrected chi connectivity index (χ2v) is 9.84. The Balaban J connectivity index is 1.74. The minimum Gasteiger partial charge on any atom is -0.508 e. The number of hydrogen-bond donors (Lipinski definition) is 2. The second-order valence-electron chi connectivity index (χ2n) is 9.00. The van der Waals surface area contributed by atoms with Crippen molar-refractivity contribution in [1.29, 1.82) is 0 Å². The van der Waals surface area contributed by atoms with E-state index in [0.717, 1.165) is 10.6 Å². The van der Waals surface area contributed by atoms with Gasteiger partial charge in [0.15, 0.2) is 0 Å². The highest BCUT2D eigenvalue weighted by Gasteiger charge is 2.66. The first-order valence-corrected chi connectivity index (χ1v) is 12.4. The molecular formula is C29H24Cl2N2O4. The number of allylic oxidation sites excluding steroid dienone is 3. The fourth-order valence-corrected chi connectivity index (χ4v) is 6.00. The van der Waals surface area contributed by atoms with Crippen molar-refractivity contribution in [2.24, 2.45) is 5.92 Å². The Labute approximate surface area is 224 Å². The standard InChI is InChI=1S/C29H24Cl2N2O4/c1-3-17-8-14-22-27(35)33(32-24-15-11-19(30)16-23(24)31)28(36)29(22,18-9-12-20(37-2)13-10-18)26(17)21-6-4-5-7-25(21)34/h3-13,15-16,22,26,32,34H,1,14H2,2H3/t22-,26+,29+/m0/s1. The Morgan fingerprint density at radius 2 is 1.84 bits per heavy atom. The van der Waals surface area contributed by atoms with E-state index in [1.165, 1.54) is 6.07 Å². The number of para-hydroxylation sites is 1. The van der Waals surface area contributed by atoms with Crippen molar-refractivity contribution in [2.75, 3.05) is 12.5 Å². The van der Waals surface area contributed by atoms with Crippen LogP contribution in [0.25, 0.3) is 0 Å². The van der Waals surface area contributed by atoms with E-state index in [0.29, 0.717) is 34.0 Å². The van der Waals surface area contributed by atoms with Gasteiger partial charge in [-0.2, -0.15) is 5.01 Å². The van der Waals surface area contributed by atoms with E-state index in [2.05, 4.69) is 12.0 Å². The molecule has 0 saturated carbocycles. The van der Waals surface area contributed by atoms with E-state index >= 15 is 0 Å². The first-order valence-electron chi connectivity index (χ1n) is 11.7. The lowest BCUT2D eigenvalue weighted by atomic mass is 9.56. The number of phenols is 1. The molecule has 2 amide bonds. The van der Waals surface area contributed by atoms with Crippen molar-refractivity contribution in [3.8, 4) is 11.5 Å². The van der Waals surface area contributed by atoms with Gasteiger partial charge >= 0.3 is 0 Å². The molecule has 8 heteroatoms. The lowest BCUT2D eigenvalue weighted by Gasteiger charge is -2.43. The second kappa shape index (κ2) is 9.61. The van der Waals surface area contributed by atoms with Crippen LogP contribution >= 0.6 is 23.2 Å². The van der Waals surface area contributed by atoms with E-state index < -0.39 is 29.1 Å². The molecule has 1 saturated heterocycles. The van der Waals surface area contributed by atoms with Crippen LogP contribution in [0.2, 0.25) is 10.0 Å². The average Bonchev–Trinajstić information content (AvgIpc) is 3.12.